The van der Waals surface area contributed by atoms with Crippen LogP contribution in [0.4, 0.5) is 0 Å². The van der Waals surface area contributed by atoms with Gasteiger partial charge in [0.05, 0.1) is 26.7 Å². The second-order valence-electron chi connectivity index (χ2n) is 12.0. The SMILES string of the molecule is COc1ccc2c3c1O[C@H]1C4(OC)CCC5(C[C@@H]4COCc4ccccc4)[C@@H](C2)N(CCC(=O)O)CCC315. The maximum absolute atomic E-state index is 11.6. The Hall–Kier alpha value is -2.61. The van der Waals surface area contributed by atoms with Crippen molar-refractivity contribution in [2.45, 2.75) is 68.3 Å². The number of hydrogen-bond donors (Lipinski definition) is 1. The molecule has 6 atom stereocenters. The molecule has 2 aromatic rings. The Kier molecular flexibility index (Phi) is 5.59. The minimum Gasteiger partial charge on any atom is -0.493 e. The molecular weight excluding hydrogens is 482 g/mol. The molecule has 2 aliphatic heterocycles. The van der Waals surface area contributed by atoms with E-state index in [1.165, 1.54) is 16.7 Å². The molecule has 2 aromatic carbocycles. The van der Waals surface area contributed by atoms with Gasteiger partial charge < -0.3 is 24.1 Å². The first kappa shape index (κ1) is 24.4. The summed E-state index contributed by atoms with van der Waals surface area (Å²) in [6.07, 6.45) is 4.91. The monoisotopic (exact) mass is 519 g/mol. The average molecular weight is 520 g/mol. The second-order valence-corrected chi connectivity index (χ2v) is 12.0. The smallest absolute Gasteiger partial charge is 0.304 e. The van der Waals surface area contributed by atoms with Crippen molar-refractivity contribution in [2.75, 3.05) is 33.9 Å². The van der Waals surface area contributed by atoms with Crippen molar-refractivity contribution in [3.05, 3.63) is 59.2 Å². The van der Waals surface area contributed by atoms with Gasteiger partial charge in [-0.05, 0) is 55.8 Å². The molecule has 4 bridgehead atoms. The molecule has 0 aromatic heterocycles. The molecule has 8 rings (SSSR count). The van der Waals surface area contributed by atoms with Crippen molar-refractivity contribution < 1.29 is 28.8 Å². The van der Waals surface area contributed by atoms with Gasteiger partial charge in [0.15, 0.2) is 11.5 Å². The molecule has 3 unspecified atom stereocenters. The van der Waals surface area contributed by atoms with E-state index in [-0.39, 0.29) is 35.3 Å². The number of likely N-dealkylation sites (tertiary alicyclic amines) is 1. The number of aliphatic carboxylic acids is 1. The molecule has 202 valence electrons. The number of carboxylic acids is 1. The third-order valence-corrected chi connectivity index (χ3v) is 10.9. The fourth-order valence-electron chi connectivity index (χ4n) is 9.44. The fourth-order valence-corrected chi connectivity index (χ4v) is 9.44. The van der Waals surface area contributed by atoms with Crippen LogP contribution < -0.4 is 9.47 Å². The lowest BCUT2D eigenvalue weighted by Crippen LogP contribution is -2.81. The molecule has 2 spiro atoms. The summed E-state index contributed by atoms with van der Waals surface area (Å²) in [7, 11) is 3.57. The fraction of sp³-hybridized carbons (Fsp3) is 0.581. The van der Waals surface area contributed by atoms with Crippen LogP contribution in [0.1, 0.15) is 48.8 Å². The number of rotatable bonds is 9. The third kappa shape index (κ3) is 3.04. The van der Waals surface area contributed by atoms with Gasteiger partial charge in [0, 0.05) is 42.0 Å². The van der Waals surface area contributed by atoms with Gasteiger partial charge in [-0.15, -0.1) is 0 Å². The van der Waals surface area contributed by atoms with Crippen molar-refractivity contribution in [3.8, 4) is 11.5 Å². The maximum atomic E-state index is 11.6. The topological polar surface area (TPSA) is 77.5 Å². The number of benzene rings is 2. The Morgan fingerprint density at radius 1 is 1.13 bits per heavy atom. The molecule has 4 aliphatic carbocycles. The summed E-state index contributed by atoms with van der Waals surface area (Å²) in [5.41, 5.74) is 3.24. The number of carboxylic acid groups (broad SMARTS) is 1. The first-order valence-corrected chi connectivity index (χ1v) is 14.0. The van der Waals surface area contributed by atoms with E-state index in [1.807, 2.05) is 31.4 Å². The zero-order chi connectivity index (χ0) is 26.1. The Bertz CT molecular complexity index is 1250. The van der Waals surface area contributed by atoms with Crippen LogP contribution in [0.3, 0.4) is 0 Å². The lowest BCUT2D eigenvalue weighted by molar-refractivity contribution is -0.283. The van der Waals surface area contributed by atoms with Crippen molar-refractivity contribution in [1.82, 2.24) is 4.90 Å². The summed E-state index contributed by atoms with van der Waals surface area (Å²) in [5, 5.41) is 9.50. The molecule has 1 N–H and O–H groups in total. The highest BCUT2D eigenvalue weighted by Gasteiger charge is 2.80. The lowest BCUT2D eigenvalue weighted by Gasteiger charge is -2.74. The van der Waals surface area contributed by atoms with Gasteiger partial charge in [0.2, 0.25) is 0 Å². The zero-order valence-corrected chi connectivity index (χ0v) is 22.3. The van der Waals surface area contributed by atoms with Crippen LogP contribution in [-0.2, 0) is 32.7 Å². The Labute approximate surface area is 224 Å². The predicted molar refractivity (Wildman–Crippen MR) is 141 cm³/mol. The van der Waals surface area contributed by atoms with Gasteiger partial charge >= 0.3 is 5.97 Å². The molecule has 1 saturated heterocycles. The highest BCUT2D eigenvalue weighted by molar-refractivity contribution is 5.67. The predicted octanol–water partition coefficient (Wildman–Crippen LogP) is 4.20. The first-order valence-electron chi connectivity index (χ1n) is 14.0. The highest BCUT2D eigenvalue weighted by atomic mass is 16.6. The molecule has 38 heavy (non-hydrogen) atoms. The molecule has 7 nitrogen and oxygen atoms in total. The zero-order valence-electron chi connectivity index (χ0n) is 22.3. The van der Waals surface area contributed by atoms with Gasteiger partial charge in [-0.1, -0.05) is 36.4 Å². The molecule has 4 fully saturated rings. The Balaban J connectivity index is 1.31. The highest BCUT2D eigenvalue weighted by Crippen LogP contribution is 2.76. The van der Waals surface area contributed by atoms with Gasteiger partial charge in [0.1, 0.15) is 11.7 Å². The van der Waals surface area contributed by atoms with Crippen LogP contribution in [-0.4, -0.2) is 67.6 Å². The average Bonchev–Trinajstić information content (AvgIpc) is 3.30. The summed E-state index contributed by atoms with van der Waals surface area (Å²) >= 11 is 0. The number of nitrogens with zero attached hydrogens (tertiary/aromatic N) is 1. The van der Waals surface area contributed by atoms with E-state index in [2.05, 4.69) is 23.1 Å². The molecule has 0 radical (unpaired) electrons. The minimum absolute atomic E-state index is 0.0138. The van der Waals surface area contributed by atoms with E-state index in [1.54, 1.807) is 7.11 Å². The van der Waals surface area contributed by atoms with E-state index >= 15 is 0 Å². The van der Waals surface area contributed by atoms with E-state index in [9.17, 15) is 9.90 Å². The summed E-state index contributed by atoms with van der Waals surface area (Å²) in [6.45, 7) is 2.66. The molecule has 2 heterocycles. The van der Waals surface area contributed by atoms with E-state index in [0.29, 0.717) is 19.8 Å². The standard InChI is InChI=1S/C31H37NO6/c1-35-23-9-8-21-16-24-29-11-12-31(36-2,22(17-29)19-37-18-20-6-4-3-5-7-20)28-30(29,26(21)27(23)38-28)13-15-32(24)14-10-25(33)34/h3-9,22,24,28H,10-19H2,1-2H3,(H,33,34)/t22-,24-,28-,29?,30?,31?/m1/s1. The third-order valence-electron chi connectivity index (χ3n) is 10.9. The molecule has 7 heteroatoms. The van der Waals surface area contributed by atoms with E-state index in [0.717, 1.165) is 50.1 Å². The molecule has 3 saturated carbocycles. The molecule has 0 amide bonds. The van der Waals surface area contributed by atoms with Gasteiger partial charge in [0.25, 0.3) is 0 Å². The summed E-state index contributed by atoms with van der Waals surface area (Å²) in [4.78, 5) is 14.0. The van der Waals surface area contributed by atoms with Crippen LogP contribution in [0.25, 0.3) is 0 Å². The van der Waals surface area contributed by atoms with Gasteiger partial charge in [-0.2, -0.15) is 0 Å². The maximum Gasteiger partial charge on any atom is 0.304 e. The lowest BCUT2D eigenvalue weighted by atomic mass is 9.35. The largest absolute Gasteiger partial charge is 0.493 e. The van der Waals surface area contributed by atoms with Crippen LogP contribution in [0.15, 0.2) is 42.5 Å². The van der Waals surface area contributed by atoms with Crippen molar-refractivity contribution in [2.24, 2.45) is 11.3 Å². The summed E-state index contributed by atoms with van der Waals surface area (Å²) in [6, 6.07) is 14.9. The van der Waals surface area contributed by atoms with Gasteiger partial charge in [-0.3, -0.25) is 9.69 Å². The normalized spacial score (nSPS) is 36.0. The minimum atomic E-state index is -0.731. The number of carbonyl (C=O) groups is 1. The Morgan fingerprint density at radius 2 is 1.97 bits per heavy atom. The van der Waals surface area contributed by atoms with Crippen molar-refractivity contribution in [1.29, 1.82) is 0 Å². The summed E-state index contributed by atoms with van der Waals surface area (Å²) in [5.74, 6) is 1.17. The molecule has 6 aliphatic rings. The van der Waals surface area contributed by atoms with Gasteiger partial charge in [-0.25, -0.2) is 0 Å². The number of hydrogen-bond acceptors (Lipinski definition) is 6. The Morgan fingerprint density at radius 3 is 2.74 bits per heavy atom. The quantitative estimate of drug-likeness (QED) is 0.532. The van der Waals surface area contributed by atoms with Crippen LogP contribution in [0.2, 0.25) is 0 Å². The summed E-state index contributed by atoms with van der Waals surface area (Å²) < 4.78 is 25.8. The number of methoxy groups -OCH3 is 2. The van der Waals surface area contributed by atoms with E-state index in [4.69, 9.17) is 18.9 Å². The van der Waals surface area contributed by atoms with Crippen molar-refractivity contribution >= 4 is 5.97 Å². The molecular formula is C31H37NO6. The number of piperidine rings is 1. The van der Waals surface area contributed by atoms with Crippen LogP contribution in [0, 0.1) is 11.3 Å². The number of ether oxygens (including phenoxy) is 4. The second kappa shape index (κ2) is 8.70. The van der Waals surface area contributed by atoms with E-state index < -0.39 is 11.6 Å². The number of fused-ring (bicyclic) bond motifs is 2. The van der Waals surface area contributed by atoms with Crippen molar-refractivity contribution in [3.63, 3.8) is 0 Å². The van der Waals surface area contributed by atoms with Crippen LogP contribution >= 0.6 is 0 Å². The first-order chi connectivity index (χ1) is 18.5. The van der Waals surface area contributed by atoms with Crippen LogP contribution in [0.5, 0.6) is 11.5 Å².